The minimum absolute atomic E-state index is 0.171. The molecular weight excluding hydrogens is 434 g/mol. The first kappa shape index (κ1) is 18.8. The summed E-state index contributed by atoms with van der Waals surface area (Å²) >= 11 is 3.37. The van der Waals surface area contributed by atoms with Crippen LogP contribution in [-0.4, -0.2) is 21.2 Å². The maximum absolute atomic E-state index is 11.7. The van der Waals surface area contributed by atoms with Gasteiger partial charge in [-0.1, -0.05) is 28.1 Å². The summed E-state index contributed by atoms with van der Waals surface area (Å²) in [7, 11) is 0. The molecule has 7 heteroatoms. The quantitative estimate of drug-likeness (QED) is 0.349. The number of hydrogen-bond acceptors (Lipinski definition) is 5. The van der Waals surface area contributed by atoms with Crippen LogP contribution < -0.4 is 0 Å². The molecule has 0 saturated heterocycles. The van der Waals surface area contributed by atoms with Crippen LogP contribution in [0, 0.1) is 0 Å². The highest BCUT2D eigenvalue weighted by Gasteiger charge is 2.13. The maximum atomic E-state index is 11.7. The van der Waals surface area contributed by atoms with E-state index in [2.05, 4.69) is 31.1 Å². The van der Waals surface area contributed by atoms with E-state index >= 15 is 0 Å². The standard InChI is InChI=1S/C22H14BrN3O3/c23-14-3-10-20-18(11-14)19(22(28)29)12-21(24-20)13-1-4-15(5-2-13)25-26-16-6-8-17(27)9-7-16/h1-12,27H,(H,28,29). The first-order chi connectivity index (χ1) is 14.0. The number of phenolic OH excluding ortho intramolecular Hbond substituents is 1. The minimum atomic E-state index is -1.00. The highest BCUT2D eigenvalue weighted by Crippen LogP contribution is 2.29. The van der Waals surface area contributed by atoms with Crippen LogP contribution in [0.5, 0.6) is 5.75 Å². The number of pyridine rings is 1. The number of aromatic nitrogens is 1. The third-order valence-electron chi connectivity index (χ3n) is 4.29. The molecule has 0 amide bonds. The molecule has 0 aliphatic carbocycles. The second kappa shape index (κ2) is 7.81. The van der Waals surface area contributed by atoms with Crippen LogP contribution >= 0.6 is 15.9 Å². The Bertz CT molecular complexity index is 1240. The number of hydrogen-bond donors (Lipinski definition) is 2. The molecule has 0 unspecified atom stereocenters. The van der Waals surface area contributed by atoms with Crippen molar-refractivity contribution in [2.45, 2.75) is 0 Å². The van der Waals surface area contributed by atoms with Gasteiger partial charge in [0.05, 0.1) is 28.1 Å². The summed E-state index contributed by atoms with van der Waals surface area (Å²) in [6.45, 7) is 0. The van der Waals surface area contributed by atoms with Gasteiger partial charge in [0.1, 0.15) is 5.75 Å². The number of carboxylic acid groups (broad SMARTS) is 1. The topological polar surface area (TPSA) is 95.1 Å². The molecule has 0 spiro atoms. The molecule has 0 radical (unpaired) electrons. The van der Waals surface area contributed by atoms with Crippen molar-refractivity contribution in [3.8, 4) is 17.0 Å². The molecule has 3 aromatic carbocycles. The van der Waals surface area contributed by atoms with Crippen LogP contribution in [0.25, 0.3) is 22.2 Å². The third kappa shape index (κ3) is 4.14. The number of benzene rings is 3. The summed E-state index contributed by atoms with van der Waals surface area (Å²) in [5.74, 6) is -0.833. The molecule has 0 aliphatic rings. The van der Waals surface area contributed by atoms with Crippen LogP contribution in [0.4, 0.5) is 11.4 Å². The van der Waals surface area contributed by atoms with Gasteiger partial charge in [-0.2, -0.15) is 10.2 Å². The zero-order chi connectivity index (χ0) is 20.4. The zero-order valence-electron chi connectivity index (χ0n) is 15.0. The van der Waals surface area contributed by atoms with Crippen LogP contribution in [0.15, 0.2) is 87.5 Å². The van der Waals surface area contributed by atoms with E-state index in [4.69, 9.17) is 0 Å². The predicted molar refractivity (Wildman–Crippen MR) is 114 cm³/mol. The summed E-state index contributed by atoms with van der Waals surface area (Å²) in [6, 6.07) is 20.6. The summed E-state index contributed by atoms with van der Waals surface area (Å²) in [6.07, 6.45) is 0. The normalized spacial score (nSPS) is 11.2. The van der Waals surface area contributed by atoms with Gasteiger partial charge in [-0.25, -0.2) is 9.78 Å². The van der Waals surface area contributed by atoms with E-state index < -0.39 is 5.97 Å². The third-order valence-corrected chi connectivity index (χ3v) is 4.79. The fourth-order valence-corrected chi connectivity index (χ4v) is 3.22. The highest BCUT2D eigenvalue weighted by atomic mass is 79.9. The molecule has 0 aliphatic heterocycles. The van der Waals surface area contributed by atoms with Crippen molar-refractivity contribution in [2.24, 2.45) is 10.2 Å². The first-order valence-electron chi connectivity index (χ1n) is 8.64. The Balaban J connectivity index is 1.66. The van der Waals surface area contributed by atoms with Gasteiger partial charge in [0, 0.05) is 15.4 Å². The summed E-state index contributed by atoms with van der Waals surface area (Å²) in [5, 5.41) is 27.8. The molecule has 4 aromatic rings. The Kier molecular flexibility index (Phi) is 5.05. The summed E-state index contributed by atoms with van der Waals surface area (Å²) in [5.41, 5.74) is 3.42. The van der Waals surface area contributed by atoms with E-state index in [1.807, 2.05) is 18.2 Å². The van der Waals surface area contributed by atoms with Crippen molar-refractivity contribution in [2.75, 3.05) is 0 Å². The lowest BCUT2D eigenvalue weighted by atomic mass is 10.0. The second-order valence-corrected chi connectivity index (χ2v) is 7.20. The highest BCUT2D eigenvalue weighted by molar-refractivity contribution is 9.10. The monoisotopic (exact) mass is 447 g/mol. The average molecular weight is 448 g/mol. The van der Waals surface area contributed by atoms with Gasteiger partial charge in [-0.15, -0.1) is 0 Å². The fourth-order valence-electron chi connectivity index (χ4n) is 2.86. The molecule has 0 fully saturated rings. The Hall–Kier alpha value is -3.58. The van der Waals surface area contributed by atoms with Crippen molar-refractivity contribution < 1.29 is 15.0 Å². The van der Waals surface area contributed by atoms with E-state index in [1.165, 1.54) is 0 Å². The molecule has 1 aromatic heterocycles. The molecule has 142 valence electrons. The van der Waals surface area contributed by atoms with Crippen molar-refractivity contribution >= 4 is 44.2 Å². The summed E-state index contributed by atoms with van der Waals surface area (Å²) in [4.78, 5) is 16.3. The SMILES string of the molecule is O=C(O)c1cc(-c2ccc(N=Nc3ccc(O)cc3)cc2)nc2ccc(Br)cc12. The maximum Gasteiger partial charge on any atom is 0.336 e. The van der Waals surface area contributed by atoms with Gasteiger partial charge >= 0.3 is 5.97 Å². The number of carbonyl (C=O) groups is 1. The Morgan fingerprint density at radius 2 is 1.48 bits per heavy atom. The van der Waals surface area contributed by atoms with Crippen LogP contribution in [0.3, 0.4) is 0 Å². The number of rotatable bonds is 4. The number of aromatic hydroxyl groups is 1. The van der Waals surface area contributed by atoms with E-state index in [0.717, 1.165) is 10.0 Å². The van der Waals surface area contributed by atoms with Gasteiger partial charge < -0.3 is 10.2 Å². The second-order valence-electron chi connectivity index (χ2n) is 6.28. The number of aromatic carboxylic acids is 1. The predicted octanol–water partition coefficient (Wildman–Crippen LogP) is 6.48. The van der Waals surface area contributed by atoms with Crippen molar-refractivity contribution in [1.82, 2.24) is 4.98 Å². The molecule has 29 heavy (non-hydrogen) atoms. The van der Waals surface area contributed by atoms with Crippen LogP contribution in [-0.2, 0) is 0 Å². The van der Waals surface area contributed by atoms with Gasteiger partial charge in [-0.05, 0) is 60.7 Å². The van der Waals surface area contributed by atoms with Gasteiger partial charge in [-0.3, -0.25) is 0 Å². The molecule has 4 rings (SSSR count). The molecule has 0 atom stereocenters. The number of nitrogens with zero attached hydrogens (tertiary/aromatic N) is 3. The Morgan fingerprint density at radius 1 is 0.862 bits per heavy atom. The van der Waals surface area contributed by atoms with E-state index in [-0.39, 0.29) is 11.3 Å². The van der Waals surface area contributed by atoms with Crippen molar-refractivity contribution in [3.05, 3.63) is 82.8 Å². The number of fused-ring (bicyclic) bond motifs is 1. The molecule has 2 N–H and O–H groups in total. The van der Waals surface area contributed by atoms with Crippen molar-refractivity contribution in [3.63, 3.8) is 0 Å². The van der Waals surface area contributed by atoms with Gasteiger partial charge in [0.15, 0.2) is 0 Å². The average Bonchev–Trinajstić information content (AvgIpc) is 2.73. The van der Waals surface area contributed by atoms with Crippen molar-refractivity contribution in [1.29, 1.82) is 0 Å². The number of carboxylic acids is 1. The molecule has 0 saturated carbocycles. The molecule has 6 nitrogen and oxygen atoms in total. The minimum Gasteiger partial charge on any atom is -0.508 e. The lowest BCUT2D eigenvalue weighted by Crippen LogP contribution is -2.00. The van der Waals surface area contributed by atoms with E-state index in [9.17, 15) is 15.0 Å². The van der Waals surface area contributed by atoms with E-state index in [1.54, 1.807) is 54.6 Å². The number of azo groups is 1. The number of phenols is 1. The lowest BCUT2D eigenvalue weighted by Gasteiger charge is -2.08. The molecular formula is C22H14BrN3O3. The molecule has 0 bridgehead atoms. The lowest BCUT2D eigenvalue weighted by molar-refractivity contribution is 0.0699. The Morgan fingerprint density at radius 3 is 2.10 bits per heavy atom. The Labute approximate surface area is 174 Å². The number of halogens is 1. The smallest absolute Gasteiger partial charge is 0.336 e. The first-order valence-corrected chi connectivity index (χ1v) is 9.44. The summed E-state index contributed by atoms with van der Waals surface area (Å²) < 4.78 is 0.797. The van der Waals surface area contributed by atoms with Gasteiger partial charge in [0.2, 0.25) is 0 Å². The van der Waals surface area contributed by atoms with Crippen LogP contribution in [0.1, 0.15) is 10.4 Å². The van der Waals surface area contributed by atoms with E-state index in [0.29, 0.717) is 28.0 Å². The molecule has 1 heterocycles. The zero-order valence-corrected chi connectivity index (χ0v) is 16.5. The van der Waals surface area contributed by atoms with Gasteiger partial charge in [0.25, 0.3) is 0 Å². The largest absolute Gasteiger partial charge is 0.508 e. The van der Waals surface area contributed by atoms with Crippen LogP contribution in [0.2, 0.25) is 0 Å². The fraction of sp³-hybridized carbons (Fsp3) is 0.